The van der Waals surface area contributed by atoms with Gasteiger partial charge < -0.3 is 9.88 Å². The number of hydrogen-bond acceptors (Lipinski definition) is 5. The molecule has 4 aromatic rings. The van der Waals surface area contributed by atoms with Crippen LogP contribution in [-0.4, -0.2) is 29.4 Å². The first kappa shape index (κ1) is 17.3. The Hall–Kier alpha value is -3.12. The van der Waals surface area contributed by atoms with Gasteiger partial charge in [-0.3, -0.25) is 4.79 Å². The number of H-pyrrole nitrogens is 1. The zero-order valence-electron chi connectivity index (χ0n) is 15.1. The summed E-state index contributed by atoms with van der Waals surface area (Å²) < 4.78 is 4.73. The molecule has 0 atom stereocenters. The van der Waals surface area contributed by atoms with Crippen LogP contribution in [0.3, 0.4) is 0 Å². The van der Waals surface area contributed by atoms with Gasteiger partial charge in [-0.2, -0.15) is 0 Å². The number of anilines is 1. The first-order chi connectivity index (χ1) is 13.0. The van der Waals surface area contributed by atoms with E-state index in [-0.39, 0.29) is 5.43 Å². The maximum Gasteiger partial charge on any atom is 0.198 e. The van der Waals surface area contributed by atoms with E-state index >= 15 is 0 Å². The second-order valence-corrected chi connectivity index (χ2v) is 6.96. The summed E-state index contributed by atoms with van der Waals surface area (Å²) in [7, 11) is 3.97. The molecule has 0 unspecified atom stereocenters. The van der Waals surface area contributed by atoms with E-state index in [1.807, 2.05) is 49.3 Å². The first-order valence-corrected chi connectivity index (χ1v) is 8.75. The number of aryl methyl sites for hydroxylation is 1. The predicted molar refractivity (Wildman–Crippen MR) is 107 cm³/mol. The topological polar surface area (TPSA) is 75.0 Å². The highest BCUT2D eigenvalue weighted by atomic mass is 35.5. The molecule has 0 aliphatic carbocycles. The molecule has 2 heterocycles. The van der Waals surface area contributed by atoms with Gasteiger partial charge in [-0.05, 0) is 41.9 Å². The van der Waals surface area contributed by atoms with Crippen LogP contribution in [0.2, 0.25) is 5.02 Å². The lowest BCUT2D eigenvalue weighted by atomic mass is 10.0. The van der Waals surface area contributed by atoms with Gasteiger partial charge in [0.05, 0.1) is 16.1 Å². The summed E-state index contributed by atoms with van der Waals surface area (Å²) in [4.78, 5) is 18.2. The van der Waals surface area contributed by atoms with Crippen molar-refractivity contribution in [3.05, 3.63) is 63.5 Å². The van der Waals surface area contributed by atoms with E-state index in [2.05, 4.69) is 15.3 Å². The van der Waals surface area contributed by atoms with Crippen molar-refractivity contribution in [1.82, 2.24) is 15.3 Å². The molecule has 2 aromatic carbocycles. The van der Waals surface area contributed by atoms with E-state index in [0.29, 0.717) is 32.9 Å². The summed E-state index contributed by atoms with van der Waals surface area (Å²) in [5.74, 6) is 0. The van der Waals surface area contributed by atoms with Crippen molar-refractivity contribution in [2.45, 2.75) is 6.92 Å². The molecule has 27 heavy (non-hydrogen) atoms. The molecule has 0 saturated heterocycles. The van der Waals surface area contributed by atoms with Crippen LogP contribution in [0.5, 0.6) is 0 Å². The lowest BCUT2D eigenvalue weighted by Crippen LogP contribution is -2.08. The van der Waals surface area contributed by atoms with Gasteiger partial charge in [-0.15, -0.1) is 0 Å². The fourth-order valence-electron chi connectivity index (χ4n) is 3.05. The summed E-state index contributed by atoms with van der Waals surface area (Å²) in [6.45, 7) is 1.75. The van der Waals surface area contributed by atoms with Crippen molar-refractivity contribution in [2.75, 3.05) is 19.0 Å². The maximum absolute atomic E-state index is 13.0. The number of halogens is 1. The van der Waals surface area contributed by atoms with Gasteiger partial charge in [-0.1, -0.05) is 28.9 Å². The molecule has 0 spiro atoms. The Morgan fingerprint density at radius 2 is 1.81 bits per heavy atom. The normalized spacial score (nSPS) is 11.1. The Bertz CT molecular complexity index is 1190. The minimum absolute atomic E-state index is 0.148. The van der Waals surface area contributed by atoms with Crippen LogP contribution >= 0.6 is 11.6 Å². The molecule has 0 amide bonds. The number of aromatic amines is 1. The van der Waals surface area contributed by atoms with Crippen LogP contribution in [0.25, 0.3) is 33.3 Å². The molecule has 1 N–H and O–H groups in total. The summed E-state index contributed by atoms with van der Waals surface area (Å²) in [5, 5.41) is 8.70. The second-order valence-electron chi connectivity index (χ2n) is 6.55. The number of nitrogens with one attached hydrogen (secondary N) is 1. The van der Waals surface area contributed by atoms with E-state index in [9.17, 15) is 4.79 Å². The molecule has 7 heteroatoms. The molecule has 0 saturated carbocycles. The number of pyridine rings is 1. The minimum atomic E-state index is -0.148. The molecule has 4 rings (SSSR count). The second kappa shape index (κ2) is 6.55. The third-order valence-electron chi connectivity index (χ3n) is 4.57. The average molecular weight is 381 g/mol. The molecule has 0 aliphatic rings. The largest absolute Gasteiger partial charge is 0.378 e. The van der Waals surface area contributed by atoms with Gasteiger partial charge in [0.15, 0.2) is 5.43 Å². The maximum atomic E-state index is 13.0. The highest BCUT2D eigenvalue weighted by Crippen LogP contribution is 2.32. The Kier molecular flexibility index (Phi) is 4.20. The van der Waals surface area contributed by atoms with Gasteiger partial charge >= 0.3 is 0 Å². The van der Waals surface area contributed by atoms with Gasteiger partial charge in [0.2, 0.25) is 0 Å². The highest BCUT2D eigenvalue weighted by Gasteiger charge is 2.16. The van der Waals surface area contributed by atoms with Crippen LogP contribution in [-0.2, 0) is 0 Å². The molecule has 0 radical (unpaired) electrons. The summed E-state index contributed by atoms with van der Waals surface area (Å²) >= 11 is 6.49. The molecular weight excluding hydrogens is 364 g/mol. The number of rotatable bonds is 3. The van der Waals surface area contributed by atoms with Gasteiger partial charge in [-0.25, -0.2) is 4.63 Å². The predicted octanol–water partition coefficient (Wildman–Crippen LogP) is 4.27. The highest BCUT2D eigenvalue weighted by molar-refractivity contribution is 6.34. The lowest BCUT2D eigenvalue weighted by molar-refractivity contribution is 0.306. The standard InChI is InChI=1S/C20H17ClN4O2/c1-11-19(24-27-23-11)16-10-22-18-9-17(21)14(8-15(18)20(16)26)12-4-6-13(7-5-12)25(2)3/h4-10H,1-3H3,(H,22,26). The number of benzene rings is 2. The van der Waals surface area contributed by atoms with Crippen molar-refractivity contribution >= 4 is 28.2 Å². The lowest BCUT2D eigenvalue weighted by Gasteiger charge is -2.13. The third-order valence-corrected chi connectivity index (χ3v) is 4.88. The molecule has 0 bridgehead atoms. The van der Waals surface area contributed by atoms with Gasteiger partial charge in [0.25, 0.3) is 0 Å². The summed E-state index contributed by atoms with van der Waals surface area (Å²) in [6.07, 6.45) is 1.61. The van der Waals surface area contributed by atoms with Crippen molar-refractivity contribution in [1.29, 1.82) is 0 Å². The fraction of sp³-hybridized carbons (Fsp3) is 0.150. The van der Waals surface area contributed by atoms with Crippen molar-refractivity contribution < 1.29 is 4.63 Å². The summed E-state index contributed by atoms with van der Waals surface area (Å²) in [5.41, 5.74) is 4.76. The number of fused-ring (bicyclic) bond motifs is 1. The Labute approximate surface area is 160 Å². The number of hydrogen-bond donors (Lipinski definition) is 1. The fourth-order valence-corrected chi connectivity index (χ4v) is 3.33. The Morgan fingerprint density at radius 3 is 2.44 bits per heavy atom. The first-order valence-electron chi connectivity index (χ1n) is 8.38. The van der Waals surface area contributed by atoms with Crippen LogP contribution in [0.1, 0.15) is 5.69 Å². The van der Waals surface area contributed by atoms with Crippen LogP contribution in [0.15, 0.2) is 52.0 Å². The Balaban J connectivity index is 1.90. The molecule has 0 fully saturated rings. The quantitative estimate of drug-likeness (QED) is 0.574. The molecule has 2 aromatic heterocycles. The summed E-state index contributed by atoms with van der Waals surface area (Å²) in [6, 6.07) is 11.6. The van der Waals surface area contributed by atoms with Crippen molar-refractivity contribution in [3.8, 4) is 22.4 Å². The van der Waals surface area contributed by atoms with E-state index in [1.165, 1.54) is 0 Å². The molecule has 6 nitrogen and oxygen atoms in total. The zero-order chi connectivity index (χ0) is 19.1. The van der Waals surface area contributed by atoms with Gasteiger partial charge in [0, 0.05) is 36.9 Å². The van der Waals surface area contributed by atoms with Crippen LogP contribution < -0.4 is 10.3 Å². The van der Waals surface area contributed by atoms with Crippen LogP contribution in [0, 0.1) is 6.92 Å². The van der Waals surface area contributed by atoms with Crippen LogP contribution in [0.4, 0.5) is 5.69 Å². The van der Waals surface area contributed by atoms with E-state index in [4.69, 9.17) is 16.2 Å². The third kappa shape index (κ3) is 2.98. The van der Waals surface area contributed by atoms with E-state index in [0.717, 1.165) is 16.8 Å². The van der Waals surface area contributed by atoms with E-state index in [1.54, 1.807) is 19.2 Å². The monoisotopic (exact) mass is 380 g/mol. The van der Waals surface area contributed by atoms with E-state index < -0.39 is 0 Å². The minimum Gasteiger partial charge on any atom is -0.378 e. The SMILES string of the molecule is Cc1nonc1-c1c[nH]c2cc(Cl)c(-c3ccc(N(C)C)cc3)cc2c1=O. The zero-order valence-corrected chi connectivity index (χ0v) is 15.8. The number of aromatic nitrogens is 3. The smallest absolute Gasteiger partial charge is 0.198 e. The molecular formula is C20H17ClN4O2. The Morgan fingerprint density at radius 1 is 1.07 bits per heavy atom. The average Bonchev–Trinajstić information content (AvgIpc) is 3.07. The van der Waals surface area contributed by atoms with Crippen molar-refractivity contribution in [2.24, 2.45) is 0 Å². The number of nitrogens with zero attached hydrogens (tertiary/aromatic N) is 3. The van der Waals surface area contributed by atoms with Gasteiger partial charge in [0.1, 0.15) is 11.4 Å². The molecule has 0 aliphatic heterocycles. The molecule has 136 valence electrons. The van der Waals surface area contributed by atoms with Crippen molar-refractivity contribution in [3.63, 3.8) is 0 Å².